The van der Waals surface area contributed by atoms with Crippen LogP contribution >= 0.6 is 0 Å². The molecule has 36 heavy (non-hydrogen) atoms. The highest BCUT2D eigenvalue weighted by Gasteiger charge is 2.62. The summed E-state index contributed by atoms with van der Waals surface area (Å²) in [6, 6.07) is 9.58. The topological polar surface area (TPSA) is 40.5 Å². The summed E-state index contributed by atoms with van der Waals surface area (Å²) in [5, 5.41) is 12.0. The lowest BCUT2D eigenvalue weighted by Gasteiger charge is -2.53. The monoisotopic (exact) mass is 485 g/mol. The van der Waals surface area contributed by atoms with Gasteiger partial charge in [0.25, 0.3) is 0 Å². The fourth-order valence-corrected chi connectivity index (χ4v) is 7.67. The van der Waals surface area contributed by atoms with Crippen molar-refractivity contribution in [2.24, 2.45) is 23.2 Å². The minimum Gasteiger partial charge on any atom is -0.377 e. The highest BCUT2D eigenvalue weighted by Crippen LogP contribution is 2.66. The Morgan fingerprint density at radius 1 is 1.06 bits per heavy atom. The van der Waals surface area contributed by atoms with Crippen molar-refractivity contribution in [3.63, 3.8) is 0 Å². The van der Waals surface area contributed by atoms with Crippen LogP contribution in [0.15, 0.2) is 47.1 Å². The van der Waals surface area contributed by atoms with Crippen molar-refractivity contribution in [2.45, 2.75) is 97.1 Å². The molecule has 0 aliphatic heterocycles. The third kappa shape index (κ3) is 4.06. The molecular weight excluding hydrogens is 442 g/mol. The predicted molar refractivity (Wildman–Crippen MR) is 148 cm³/mol. The van der Waals surface area contributed by atoms with Gasteiger partial charge in [-0.2, -0.15) is 0 Å². The van der Waals surface area contributed by atoms with Gasteiger partial charge in [-0.1, -0.05) is 50.3 Å². The van der Waals surface area contributed by atoms with E-state index in [0.29, 0.717) is 24.3 Å². The van der Waals surface area contributed by atoms with Gasteiger partial charge in [-0.25, -0.2) is 0 Å². The lowest BCUT2D eigenvalue weighted by atomic mass is 9.51. The highest BCUT2D eigenvalue weighted by molar-refractivity contribution is 5.93. The van der Waals surface area contributed by atoms with Crippen molar-refractivity contribution in [3.05, 3.63) is 52.6 Å². The van der Waals surface area contributed by atoms with Gasteiger partial charge in [0.15, 0.2) is 5.78 Å². The van der Waals surface area contributed by atoms with Crippen LogP contribution in [0, 0.1) is 35.0 Å². The van der Waals surface area contributed by atoms with Crippen molar-refractivity contribution in [1.29, 1.82) is 0 Å². The fraction of sp³-hybridized carbons (Fsp3) is 0.606. The zero-order valence-electron chi connectivity index (χ0n) is 23.0. The summed E-state index contributed by atoms with van der Waals surface area (Å²) in [5.74, 6) is 8.41. The maximum Gasteiger partial charge on any atom is 0.156 e. The number of carbonyl (C=O) groups excluding carboxylic acids is 1. The molecule has 2 fully saturated rings. The molecule has 0 aromatic heterocycles. The van der Waals surface area contributed by atoms with E-state index >= 15 is 0 Å². The number of aliphatic hydroxyl groups is 1. The van der Waals surface area contributed by atoms with Crippen LogP contribution in [0.3, 0.4) is 0 Å². The number of hydrogen-bond donors (Lipinski definition) is 1. The molecular formula is C33H43NO2. The number of nitrogens with zero attached hydrogens (tertiary/aromatic N) is 1. The van der Waals surface area contributed by atoms with Crippen molar-refractivity contribution < 1.29 is 9.90 Å². The van der Waals surface area contributed by atoms with E-state index in [1.54, 1.807) is 5.57 Å². The summed E-state index contributed by atoms with van der Waals surface area (Å²) in [4.78, 5) is 14.6. The summed E-state index contributed by atoms with van der Waals surface area (Å²) < 4.78 is 0. The molecule has 0 radical (unpaired) electrons. The summed E-state index contributed by atoms with van der Waals surface area (Å²) in [6.45, 7) is 11.0. The Balaban J connectivity index is 1.63. The molecule has 0 saturated heterocycles. The lowest BCUT2D eigenvalue weighted by Crippen LogP contribution is -2.51. The van der Waals surface area contributed by atoms with Crippen molar-refractivity contribution in [2.75, 3.05) is 11.9 Å². The quantitative estimate of drug-likeness (QED) is 0.478. The van der Waals surface area contributed by atoms with Crippen LogP contribution in [0.5, 0.6) is 0 Å². The molecule has 4 aliphatic rings. The fourth-order valence-electron chi connectivity index (χ4n) is 7.67. The SMILES string of the molecule is CC(C)C#C[C@]1(O)CC[C@H]2[C@@H]3CCC4=CC(=O)CCC4=C3[C@@H](c3ccc(N(C)C(C)C)cc3)C[C@@]21C. The summed E-state index contributed by atoms with van der Waals surface area (Å²) in [7, 11) is 2.15. The second-order valence-electron chi connectivity index (χ2n) is 12.6. The van der Waals surface area contributed by atoms with Crippen LogP contribution in [0.1, 0.15) is 91.0 Å². The maximum atomic E-state index is 12.3. The molecule has 0 amide bonds. The predicted octanol–water partition coefficient (Wildman–Crippen LogP) is 6.82. The molecule has 1 N–H and O–H groups in total. The smallest absolute Gasteiger partial charge is 0.156 e. The van der Waals surface area contributed by atoms with Gasteiger partial charge in [-0.05, 0) is 99.1 Å². The molecule has 0 spiro atoms. The van der Waals surface area contributed by atoms with Gasteiger partial charge in [-0.3, -0.25) is 4.79 Å². The number of hydrogen-bond acceptors (Lipinski definition) is 3. The van der Waals surface area contributed by atoms with Crippen molar-refractivity contribution in [3.8, 4) is 11.8 Å². The van der Waals surface area contributed by atoms with Gasteiger partial charge in [0.2, 0.25) is 0 Å². The number of rotatable bonds is 3. The zero-order chi connectivity index (χ0) is 25.8. The summed E-state index contributed by atoms with van der Waals surface area (Å²) >= 11 is 0. The number of anilines is 1. The number of benzene rings is 1. The Hall–Kier alpha value is -2.31. The van der Waals surface area contributed by atoms with E-state index < -0.39 is 5.60 Å². The van der Waals surface area contributed by atoms with Crippen LogP contribution < -0.4 is 4.90 Å². The highest BCUT2D eigenvalue weighted by atomic mass is 16.3. The van der Waals surface area contributed by atoms with Gasteiger partial charge >= 0.3 is 0 Å². The van der Waals surface area contributed by atoms with E-state index in [9.17, 15) is 9.90 Å². The van der Waals surface area contributed by atoms with E-state index in [0.717, 1.165) is 38.5 Å². The number of fused-ring (bicyclic) bond motifs is 4. The third-order valence-corrected chi connectivity index (χ3v) is 9.93. The maximum absolute atomic E-state index is 12.3. The average Bonchev–Trinajstić information content (AvgIpc) is 3.12. The molecule has 2 saturated carbocycles. The first-order chi connectivity index (χ1) is 17.0. The zero-order valence-corrected chi connectivity index (χ0v) is 23.0. The minimum absolute atomic E-state index is 0.243. The standard InChI is InChI=1S/C33H43NO2/c1-21(2)15-17-33(36)18-16-30-28-13-9-24-19-26(35)12-14-27(24)31(28)29(20-32(30,33)5)23-7-10-25(11-8-23)34(6)22(3)4/h7-8,10-11,19,21-22,28-30,36H,9,12-14,16,18,20H2,1-6H3/t28-,29+,30-,32-,33-/m0/s1. The van der Waals surface area contributed by atoms with E-state index in [-0.39, 0.29) is 23.0 Å². The Kier molecular flexibility index (Phi) is 6.49. The van der Waals surface area contributed by atoms with Crippen molar-refractivity contribution >= 4 is 11.5 Å². The molecule has 3 heteroatoms. The first kappa shape index (κ1) is 25.3. The van der Waals surface area contributed by atoms with Crippen LogP contribution in [-0.2, 0) is 4.79 Å². The average molecular weight is 486 g/mol. The summed E-state index contributed by atoms with van der Waals surface area (Å²) in [5.41, 5.74) is 5.72. The molecule has 4 aliphatic carbocycles. The molecule has 0 bridgehead atoms. The molecule has 192 valence electrons. The van der Waals surface area contributed by atoms with Crippen LogP contribution in [-0.4, -0.2) is 29.6 Å². The van der Waals surface area contributed by atoms with Gasteiger partial charge in [0.05, 0.1) is 0 Å². The molecule has 3 nitrogen and oxygen atoms in total. The first-order valence-electron chi connectivity index (χ1n) is 14.1. The van der Waals surface area contributed by atoms with Crippen LogP contribution in [0.4, 0.5) is 5.69 Å². The Bertz CT molecular complexity index is 1160. The van der Waals surface area contributed by atoms with Gasteiger partial charge in [0.1, 0.15) is 5.60 Å². The lowest BCUT2D eigenvalue weighted by molar-refractivity contribution is -0.114. The third-order valence-electron chi connectivity index (χ3n) is 9.93. The van der Waals surface area contributed by atoms with E-state index in [1.807, 2.05) is 6.08 Å². The number of carbonyl (C=O) groups is 1. The molecule has 1 aromatic carbocycles. The Labute approximate surface area is 218 Å². The normalized spacial score (nSPS) is 33.5. The van der Waals surface area contributed by atoms with Gasteiger partial charge in [-0.15, -0.1) is 0 Å². The second-order valence-corrected chi connectivity index (χ2v) is 12.6. The molecule has 0 heterocycles. The van der Waals surface area contributed by atoms with Crippen LogP contribution in [0.25, 0.3) is 0 Å². The van der Waals surface area contributed by atoms with E-state index in [4.69, 9.17) is 0 Å². The van der Waals surface area contributed by atoms with E-state index in [2.05, 4.69) is 82.7 Å². The second kappa shape index (κ2) is 9.21. The Morgan fingerprint density at radius 2 is 1.78 bits per heavy atom. The Morgan fingerprint density at radius 3 is 2.44 bits per heavy atom. The van der Waals surface area contributed by atoms with E-state index in [1.165, 1.54) is 22.4 Å². The number of allylic oxidation sites excluding steroid dienone is 4. The van der Waals surface area contributed by atoms with Crippen LogP contribution in [0.2, 0.25) is 0 Å². The molecule has 1 aromatic rings. The van der Waals surface area contributed by atoms with Gasteiger partial charge in [0, 0.05) is 42.4 Å². The van der Waals surface area contributed by atoms with Gasteiger partial charge < -0.3 is 10.0 Å². The molecule has 5 rings (SSSR count). The number of ketones is 1. The van der Waals surface area contributed by atoms with Crippen molar-refractivity contribution in [1.82, 2.24) is 0 Å². The minimum atomic E-state index is -0.938. The molecule has 5 atom stereocenters. The molecule has 0 unspecified atom stereocenters. The largest absolute Gasteiger partial charge is 0.377 e. The first-order valence-corrected chi connectivity index (χ1v) is 14.1. The summed E-state index contributed by atoms with van der Waals surface area (Å²) in [6.07, 6.45) is 8.22.